The zero-order valence-corrected chi connectivity index (χ0v) is 8.60. The van der Waals surface area contributed by atoms with Crippen molar-refractivity contribution in [3.63, 3.8) is 0 Å². The smallest absolute Gasteiger partial charge is 0.139 e. The van der Waals surface area contributed by atoms with Gasteiger partial charge in [0, 0.05) is 11.8 Å². The van der Waals surface area contributed by atoms with Gasteiger partial charge >= 0.3 is 0 Å². The molecule has 0 N–H and O–H groups in total. The highest BCUT2D eigenvalue weighted by molar-refractivity contribution is 5.87. The minimum absolute atomic E-state index is 0.0677. The Hall–Kier alpha value is -0.590. The summed E-state index contributed by atoms with van der Waals surface area (Å²) in [5.74, 6) is 1.14. The van der Waals surface area contributed by atoms with Gasteiger partial charge in [0.1, 0.15) is 5.78 Å². The lowest BCUT2D eigenvalue weighted by atomic mass is 9.69. The molecule has 72 valence electrons. The van der Waals surface area contributed by atoms with E-state index in [1.54, 1.807) is 0 Å². The average Bonchev–Trinajstić information content (AvgIpc) is 2.30. The number of hydrogen-bond acceptors (Lipinski definition) is 1. The first-order valence-electron chi connectivity index (χ1n) is 5.33. The van der Waals surface area contributed by atoms with Gasteiger partial charge < -0.3 is 0 Å². The molecule has 2 aliphatic carbocycles. The van der Waals surface area contributed by atoms with E-state index in [0.717, 1.165) is 32.1 Å². The maximum Gasteiger partial charge on any atom is 0.139 e. The molecule has 0 aromatic heterocycles. The fraction of sp³-hybridized carbons (Fsp3) is 0.750. The van der Waals surface area contributed by atoms with Crippen molar-refractivity contribution in [2.24, 2.45) is 11.3 Å². The van der Waals surface area contributed by atoms with E-state index in [0.29, 0.717) is 11.7 Å². The minimum atomic E-state index is 0.0677. The number of rotatable bonds is 0. The van der Waals surface area contributed by atoms with Crippen molar-refractivity contribution in [3.8, 4) is 0 Å². The van der Waals surface area contributed by atoms with Gasteiger partial charge in [-0.2, -0.15) is 0 Å². The molecule has 2 atom stereocenters. The second-order valence-electron chi connectivity index (χ2n) is 4.93. The van der Waals surface area contributed by atoms with Crippen molar-refractivity contribution in [2.75, 3.05) is 0 Å². The van der Waals surface area contributed by atoms with Gasteiger partial charge in [-0.15, -0.1) is 0 Å². The molecule has 2 aliphatic rings. The summed E-state index contributed by atoms with van der Waals surface area (Å²) in [6.07, 6.45) is 7.57. The van der Waals surface area contributed by atoms with Crippen LogP contribution in [0.1, 0.15) is 46.0 Å². The molecule has 0 aromatic rings. The molecule has 0 aromatic carbocycles. The van der Waals surface area contributed by atoms with Gasteiger partial charge in [-0.25, -0.2) is 0 Å². The molecule has 1 saturated carbocycles. The standard InChI is InChI=1S/C12H18O/c1-9-6-10(2)8-12(7-9)5-3-4-11(12)13/h6,9H,3-5,7-8H2,1-2H3. The lowest BCUT2D eigenvalue weighted by Crippen LogP contribution is -2.30. The Kier molecular flexibility index (Phi) is 2.05. The van der Waals surface area contributed by atoms with E-state index < -0.39 is 0 Å². The van der Waals surface area contributed by atoms with Gasteiger partial charge in [-0.3, -0.25) is 4.79 Å². The first kappa shape index (κ1) is 8.98. The topological polar surface area (TPSA) is 17.1 Å². The Balaban J connectivity index is 2.25. The highest BCUT2D eigenvalue weighted by Crippen LogP contribution is 2.47. The highest BCUT2D eigenvalue weighted by Gasteiger charge is 2.43. The lowest BCUT2D eigenvalue weighted by Gasteiger charge is -2.34. The zero-order valence-electron chi connectivity index (χ0n) is 8.60. The van der Waals surface area contributed by atoms with E-state index >= 15 is 0 Å². The molecule has 1 heteroatoms. The summed E-state index contributed by atoms with van der Waals surface area (Å²) >= 11 is 0. The van der Waals surface area contributed by atoms with Crippen molar-refractivity contribution in [1.29, 1.82) is 0 Å². The number of ketones is 1. The molecule has 0 saturated heterocycles. The Morgan fingerprint density at radius 1 is 1.54 bits per heavy atom. The van der Waals surface area contributed by atoms with Crippen molar-refractivity contribution in [1.82, 2.24) is 0 Å². The molecule has 0 amide bonds. The summed E-state index contributed by atoms with van der Waals surface area (Å²) in [6, 6.07) is 0. The highest BCUT2D eigenvalue weighted by atomic mass is 16.1. The van der Waals surface area contributed by atoms with Gasteiger partial charge in [0.15, 0.2) is 0 Å². The molecule has 0 aliphatic heterocycles. The molecule has 13 heavy (non-hydrogen) atoms. The van der Waals surface area contributed by atoms with Crippen molar-refractivity contribution in [2.45, 2.75) is 46.0 Å². The molecular weight excluding hydrogens is 160 g/mol. The van der Waals surface area contributed by atoms with E-state index in [1.807, 2.05) is 0 Å². The van der Waals surface area contributed by atoms with Crippen LogP contribution in [0.5, 0.6) is 0 Å². The largest absolute Gasteiger partial charge is 0.299 e. The fourth-order valence-corrected chi connectivity index (χ4v) is 3.22. The van der Waals surface area contributed by atoms with Crippen LogP contribution in [-0.4, -0.2) is 5.78 Å². The van der Waals surface area contributed by atoms with Crippen LogP contribution in [0, 0.1) is 11.3 Å². The normalized spacial score (nSPS) is 39.7. The third-order valence-electron chi connectivity index (χ3n) is 3.55. The molecule has 1 nitrogen and oxygen atoms in total. The third-order valence-corrected chi connectivity index (χ3v) is 3.55. The van der Waals surface area contributed by atoms with Gasteiger partial charge in [-0.05, 0) is 38.5 Å². The molecule has 2 rings (SSSR count). The van der Waals surface area contributed by atoms with Crippen LogP contribution >= 0.6 is 0 Å². The van der Waals surface area contributed by atoms with Gasteiger partial charge in [0.25, 0.3) is 0 Å². The van der Waals surface area contributed by atoms with Crippen LogP contribution in [-0.2, 0) is 4.79 Å². The van der Waals surface area contributed by atoms with Crippen LogP contribution in [0.15, 0.2) is 11.6 Å². The summed E-state index contributed by atoms with van der Waals surface area (Å²) in [4.78, 5) is 11.8. The van der Waals surface area contributed by atoms with Crippen LogP contribution in [0.4, 0.5) is 0 Å². The molecule has 0 heterocycles. The van der Waals surface area contributed by atoms with Crippen molar-refractivity contribution >= 4 is 5.78 Å². The van der Waals surface area contributed by atoms with E-state index in [9.17, 15) is 4.79 Å². The summed E-state index contributed by atoms with van der Waals surface area (Å²) in [7, 11) is 0. The van der Waals surface area contributed by atoms with Crippen LogP contribution < -0.4 is 0 Å². The second-order valence-corrected chi connectivity index (χ2v) is 4.93. The second kappa shape index (κ2) is 2.97. The van der Waals surface area contributed by atoms with Gasteiger partial charge in [-0.1, -0.05) is 18.6 Å². The first-order valence-corrected chi connectivity index (χ1v) is 5.33. The Morgan fingerprint density at radius 3 is 2.85 bits per heavy atom. The van der Waals surface area contributed by atoms with Crippen LogP contribution in [0.3, 0.4) is 0 Å². The summed E-state index contributed by atoms with van der Waals surface area (Å²) in [6.45, 7) is 4.40. The fourth-order valence-electron chi connectivity index (χ4n) is 3.22. The predicted molar refractivity (Wildman–Crippen MR) is 53.4 cm³/mol. The quantitative estimate of drug-likeness (QED) is 0.521. The predicted octanol–water partition coefficient (Wildman–Crippen LogP) is 3.10. The average molecular weight is 178 g/mol. The zero-order chi connectivity index (χ0) is 9.47. The van der Waals surface area contributed by atoms with E-state index in [-0.39, 0.29) is 5.41 Å². The monoisotopic (exact) mass is 178 g/mol. The van der Waals surface area contributed by atoms with Gasteiger partial charge in [0.2, 0.25) is 0 Å². The Morgan fingerprint density at radius 2 is 2.31 bits per heavy atom. The van der Waals surface area contributed by atoms with Crippen LogP contribution in [0.2, 0.25) is 0 Å². The van der Waals surface area contributed by atoms with E-state index in [4.69, 9.17) is 0 Å². The van der Waals surface area contributed by atoms with Crippen molar-refractivity contribution < 1.29 is 4.79 Å². The van der Waals surface area contributed by atoms with E-state index in [1.165, 1.54) is 5.57 Å². The number of carbonyl (C=O) groups is 1. The SMILES string of the molecule is CC1=CC(C)CC2(CCCC2=O)C1. The van der Waals surface area contributed by atoms with Crippen LogP contribution in [0.25, 0.3) is 0 Å². The summed E-state index contributed by atoms with van der Waals surface area (Å²) in [5, 5.41) is 0. The summed E-state index contributed by atoms with van der Waals surface area (Å²) < 4.78 is 0. The molecule has 1 fully saturated rings. The number of hydrogen-bond donors (Lipinski definition) is 0. The first-order chi connectivity index (χ1) is 6.12. The minimum Gasteiger partial charge on any atom is -0.299 e. The van der Waals surface area contributed by atoms with Crippen molar-refractivity contribution in [3.05, 3.63) is 11.6 Å². The third kappa shape index (κ3) is 1.45. The van der Waals surface area contributed by atoms with E-state index in [2.05, 4.69) is 19.9 Å². The maximum atomic E-state index is 11.8. The Bertz CT molecular complexity index is 264. The number of allylic oxidation sites excluding steroid dienone is 2. The lowest BCUT2D eigenvalue weighted by molar-refractivity contribution is -0.126. The summed E-state index contributed by atoms with van der Waals surface area (Å²) in [5.41, 5.74) is 1.49. The number of Topliss-reactive ketones (excluding diaryl/α,β-unsaturated/α-hetero) is 1. The molecular formula is C12H18O. The molecule has 2 unspecified atom stereocenters. The maximum absolute atomic E-state index is 11.8. The Labute approximate surface area is 80.2 Å². The molecule has 0 bridgehead atoms. The van der Waals surface area contributed by atoms with Gasteiger partial charge in [0.05, 0.1) is 0 Å². The molecule has 0 radical (unpaired) electrons. The number of carbonyl (C=O) groups excluding carboxylic acids is 1. The molecule has 1 spiro atoms.